The van der Waals surface area contributed by atoms with Crippen LogP contribution in [0.1, 0.15) is 22.0 Å². The zero-order valence-corrected chi connectivity index (χ0v) is 18.9. The van der Waals surface area contributed by atoms with Crippen LogP contribution in [0.15, 0.2) is 72.8 Å². The first kappa shape index (κ1) is 22.1. The molecule has 1 aromatic heterocycles. The van der Waals surface area contributed by atoms with Gasteiger partial charge in [0.2, 0.25) is 5.82 Å². The zero-order valence-electron chi connectivity index (χ0n) is 18.9. The number of aromatic nitrogens is 3. The number of para-hydroxylation sites is 1. The molecular formula is C26H23N5O4. The Morgan fingerprint density at radius 1 is 1.14 bits per heavy atom. The van der Waals surface area contributed by atoms with E-state index in [0.717, 1.165) is 11.1 Å². The Hall–Kier alpha value is -4.66. The number of phenolic OH excluding ortho intramolecular Hbond substituents is 1. The van der Waals surface area contributed by atoms with Gasteiger partial charge in [0.1, 0.15) is 30.0 Å². The van der Waals surface area contributed by atoms with E-state index < -0.39 is 11.9 Å². The number of nitrogens with zero attached hydrogens (tertiary/aromatic N) is 3. The van der Waals surface area contributed by atoms with E-state index in [-0.39, 0.29) is 24.1 Å². The quantitative estimate of drug-likeness (QED) is 0.413. The van der Waals surface area contributed by atoms with Gasteiger partial charge in [-0.2, -0.15) is 0 Å². The highest BCUT2D eigenvalue weighted by molar-refractivity contribution is 6.02. The topological polar surface area (TPSA) is 120 Å². The van der Waals surface area contributed by atoms with E-state index in [2.05, 4.69) is 20.5 Å². The van der Waals surface area contributed by atoms with Gasteiger partial charge in [-0.05, 0) is 29.3 Å². The summed E-state index contributed by atoms with van der Waals surface area (Å²) < 4.78 is 5.86. The largest absolute Gasteiger partial charge is 0.507 e. The molecule has 0 unspecified atom stereocenters. The Morgan fingerprint density at radius 3 is 2.71 bits per heavy atom. The third-order valence-corrected chi connectivity index (χ3v) is 5.82. The molecule has 0 aliphatic carbocycles. The number of likely N-dealkylation sites (N-methyl/N-ethyl adjacent to an activating group) is 1. The highest BCUT2D eigenvalue weighted by Crippen LogP contribution is 2.37. The highest BCUT2D eigenvalue weighted by Gasteiger charge is 2.32. The number of benzene rings is 3. The molecule has 0 radical (unpaired) electrons. The number of carbonyl (C=O) groups is 2. The number of nitrogens with one attached hydrogen (secondary N) is 2. The summed E-state index contributed by atoms with van der Waals surface area (Å²) in [5, 5.41) is 19.7. The van der Waals surface area contributed by atoms with E-state index in [4.69, 9.17) is 4.74 Å². The van der Waals surface area contributed by atoms with Gasteiger partial charge in [0.15, 0.2) is 0 Å². The Bertz CT molecular complexity index is 1390. The molecule has 1 atom stereocenters. The smallest absolute Gasteiger partial charge is 0.291 e. The molecule has 3 aromatic carbocycles. The molecule has 0 spiro atoms. The van der Waals surface area contributed by atoms with Crippen molar-refractivity contribution in [3.8, 4) is 22.6 Å². The molecule has 1 aliphatic heterocycles. The summed E-state index contributed by atoms with van der Waals surface area (Å²) in [5.74, 6) is 0.225. The predicted molar refractivity (Wildman–Crippen MR) is 129 cm³/mol. The number of amides is 2. The number of hydrogen-bond donors (Lipinski definition) is 3. The van der Waals surface area contributed by atoms with E-state index in [1.165, 1.54) is 4.90 Å². The van der Waals surface area contributed by atoms with Crippen LogP contribution in [0.5, 0.6) is 11.5 Å². The normalized spacial score (nSPS) is 15.2. The lowest BCUT2D eigenvalue weighted by molar-refractivity contribution is -0.120. The molecule has 0 fully saturated rings. The molecule has 2 heterocycles. The maximum absolute atomic E-state index is 13.2. The summed E-state index contributed by atoms with van der Waals surface area (Å²) in [6.07, 6.45) is 0.504. The van der Waals surface area contributed by atoms with E-state index in [0.29, 0.717) is 29.2 Å². The van der Waals surface area contributed by atoms with Crippen molar-refractivity contribution < 1.29 is 19.4 Å². The lowest BCUT2D eigenvalue weighted by Crippen LogP contribution is -2.49. The van der Waals surface area contributed by atoms with Crippen molar-refractivity contribution in [1.29, 1.82) is 0 Å². The molecule has 5 rings (SSSR count). The molecule has 2 amide bonds. The number of anilines is 1. The number of carbonyl (C=O) groups excluding carboxylic acids is 2. The van der Waals surface area contributed by atoms with Crippen molar-refractivity contribution in [3.63, 3.8) is 0 Å². The summed E-state index contributed by atoms with van der Waals surface area (Å²) in [7, 11) is 1.62. The molecular weight excluding hydrogens is 446 g/mol. The van der Waals surface area contributed by atoms with Crippen LogP contribution in [-0.2, 0) is 11.2 Å². The van der Waals surface area contributed by atoms with Crippen LogP contribution in [0.25, 0.3) is 11.1 Å². The van der Waals surface area contributed by atoms with Crippen LogP contribution < -0.4 is 15.0 Å². The fourth-order valence-electron chi connectivity index (χ4n) is 3.98. The first-order valence-corrected chi connectivity index (χ1v) is 11.1. The molecule has 9 nitrogen and oxygen atoms in total. The van der Waals surface area contributed by atoms with Crippen molar-refractivity contribution in [2.45, 2.75) is 12.5 Å². The molecule has 0 saturated heterocycles. The van der Waals surface area contributed by atoms with Gasteiger partial charge >= 0.3 is 0 Å². The lowest BCUT2D eigenvalue weighted by Gasteiger charge is -2.20. The third-order valence-electron chi connectivity index (χ3n) is 5.82. The van der Waals surface area contributed by atoms with Gasteiger partial charge in [0.25, 0.3) is 11.8 Å². The Kier molecular flexibility index (Phi) is 5.88. The monoisotopic (exact) mass is 469 g/mol. The predicted octanol–water partition coefficient (Wildman–Crippen LogP) is 2.92. The number of aromatic amines is 1. The minimum atomic E-state index is -0.926. The number of fused-ring (bicyclic) bond motifs is 1. The van der Waals surface area contributed by atoms with Gasteiger partial charge < -0.3 is 20.1 Å². The zero-order chi connectivity index (χ0) is 24.4. The summed E-state index contributed by atoms with van der Waals surface area (Å²) in [6, 6.07) is 21.1. The fourth-order valence-corrected chi connectivity index (χ4v) is 3.98. The maximum Gasteiger partial charge on any atom is 0.291 e. The van der Waals surface area contributed by atoms with Crippen LogP contribution >= 0.6 is 0 Å². The van der Waals surface area contributed by atoms with E-state index >= 15 is 0 Å². The number of phenols is 1. The van der Waals surface area contributed by atoms with Crippen LogP contribution in [-0.4, -0.2) is 51.8 Å². The first-order valence-electron chi connectivity index (χ1n) is 11.1. The molecule has 176 valence electrons. The number of H-pyrrole nitrogens is 1. The maximum atomic E-state index is 13.2. The summed E-state index contributed by atoms with van der Waals surface area (Å²) >= 11 is 0. The summed E-state index contributed by atoms with van der Waals surface area (Å²) in [4.78, 5) is 31.7. The second-order valence-electron chi connectivity index (χ2n) is 8.20. The minimum absolute atomic E-state index is 0.0425. The van der Waals surface area contributed by atoms with Gasteiger partial charge in [-0.3, -0.25) is 14.7 Å². The molecule has 4 aromatic rings. The molecule has 35 heavy (non-hydrogen) atoms. The van der Waals surface area contributed by atoms with Gasteiger partial charge in [0.05, 0.1) is 5.69 Å². The van der Waals surface area contributed by atoms with E-state index in [1.807, 2.05) is 42.5 Å². The Morgan fingerprint density at radius 2 is 1.91 bits per heavy atom. The fraction of sp³-hybridized carbons (Fsp3) is 0.154. The first-order chi connectivity index (χ1) is 17.0. The van der Waals surface area contributed by atoms with E-state index in [9.17, 15) is 14.7 Å². The number of ether oxygens (including phenoxy) is 1. The van der Waals surface area contributed by atoms with Gasteiger partial charge in [0, 0.05) is 19.0 Å². The van der Waals surface area contributed by atoms with Crippen LogP contribution in [0.3, 0.4) is 0 Å². The number of rotatable bonds is 5. The van der Waals surface area contributed by atoms with Crippen LogP contribution in [0, 0.1) is 0 Å². The van der Waals surface area contributed by atoms with Crippen LogP contribution in [0.4, 0.5) is 5.69 Å². The molecule has 1 aliphatic rings. The highest BCUT2D eigenvalue weighted by atomic mass is 16.5. The third kappa shape index (κ3) is 4.56. The van der Waals surface area contributed by atoms with Crippen molar-refractivity contribution in [1.82, 2.24) is 20.5 Å². The van der Waals surface area contributed by atoms with Crippen molar-refractivity contribution in [2.75, 3.05) is 18.6 Å². The second kappa shape index (κ2) is 9.30. The average Bonchev–Trinajstić information content (AvgIpc) is 3.31. The average molecular weight is 470 g/mol. The van der Waals surface area contributed by atoms with Gasteiger partial charge in [-0.15, -0.1) is 5.10 Å². The Labute approximate surface area is 201 Å². The van der Waals surface area contributed by atoms with Crippen LogP contribution in [0.2, 0.25) is 0 Å². The minimum Gasteiger partial charge on any atom is -0.507 e. The van der Waals surface area contributed by atoms with Gasteiger partial charge in [-0.1, -0.05) is 54.6 Å². The summed E-state index contributed by atoms with van der Waals surface area (Å²) in [5.41, 5.74) is 2.95. The number of aromatic hydroxyl groups is 1. The standard InChI is InChI=1S/C26H23N5O4/c1-31-20-14-17(18-9-5-6-10-21(18)32)11-12-22(20)35-15-19(26(31)34)27-25(33)24-28-23(29-30-24)13-16-7-3-2-4-8-16/h2-12,14,19,32H,13,15H2,1H3,(H,27,33)(H,28,29,30)/t19-/m0/s1. The molecule has 3 N–H and O–H groups in total. The molecule has 9 heteroatoms. The van der Waals surface area contributed by atoms with Crippen molar-refractivity contribution >= 4 is 17.5 Å². The Balaban J connectivity index is 1.31. The molecule has 0 bridgehead atoms. The summed E-state index contributed by atoms with van der Waals surface area (Å²) in [6.45, 7) is -0.0425. The second-order valence-corrected chi connectivity index (χ2v) is 8.20. The SMILES string of the molecule is CN1C(=O)[C@@H](NC(=O)c2n[nH]c(Cc3ccccc3)n2)COc2ccc(-c3ccccc3O)cc21. The van der Waals surface area contributed by atoms with E-state index in [1.54, 1.807) is 37.4 Å². The van der Waals surface area contributed by atoms with Crippen molar-refractivity contribution in [3.05, 3.63) is 90.0 Å². The lowest BCUT2D eigenvalue weighted by atomic mass is 10.0. The number of hydrogen-bond acceptors (Lipinski definition) is 6. The van der Waals surface area contributed by atoms with Crippen molar-refractivity contribution in [2.24, 2.45) is 0 Å². The van der Waals surface area contributed by atoms with Gasteiger partial charge in [-0.25, -0.2) is 4.98 Å². The molecule has 0 saturated carbocycles.